The maximum Gasteiger partial charge on any atom is 0.286 e. The standard InChI is InChI=1S/C20H11BrN2O3S/c1-2-9-23-15-8-7-12(21)10-17(15)27-20(23)22-19(25)14-11-26-16-6-4-3-5-13(16)18(14)24/h1,3-8,10-11H,9H2. The van der Waals surface area contributed by atoms with Crippen LogP contribution in [0.1, 0.15) is 10.4 Å². The topological polar surface area (TPSA) is 64.6 Å². The van der Waals surface area contributed by atoms with Crippen molar-refractivity contribution in [1.29, 1.82) is 0 Å². The van der Waals surface area contributed by atoms with Crippen LogP contribution in [0.5, 0.6) is 0 Å². The summed E-state index contributed by atoms with van der Waals surface area (Å²) in [5.74, 6) is 1.91. The molecular weight excluding hydrogens is 428 g/mol. The molecular formula is C20H11BrN2O3S. The van der Waals surface area contributed by atoms with Crippen LogP contribution >= 0.6 is 27.3 Å². The first-order valence-electron chi connectivity index (χ1n) is 7.90. The predicted octanol–water partition coefficient (Wildman–Crippen LogP) is 3.95. The average Bonchev–Trinajstić information content (AvgIpc) is 2.98. The zero-order chi connectivity index (χ0) is 19.0. The summed E-state index contributed by atoms with van der Waals surface area (Å²) in [6, 6.07) is 12.5. The number of aromatic nitrogens is 1. The first-order chi connectivity index (χ1) is 13.1. The Morgan fingerprint density at radius 2 is 2.11 bits per heavy atom. The molecule has 4 rings (SSSR count). The number of hydrogen-bond acceptors (Lipinski definition) is 4. The highest BCUT2D eigenvalue weighted by molar-refractivity contribution is 9.10. The molecule has 1 amide bonds. The molecule has 0 aliphatic rings. The molecule has 2 heterocycles. The Labute approximate surface area is 165 Å². The van der Waals surface area contributed by atoms with E-state index in [2.05, 4.69) is 26.8 Å². The summed E-state index contributed by atoms with van der Waals surface area (Å²) in [7, 11) is 0. The Bertz CT molecular complexity index is 1370. The summed E-state index contributed by atoms with van der Waals surface area (Å²) in [5, 5.41) is 0.343. The number of terminal acetylenes is 1. The van der Waals surface area contributed by atoms with E-state index in [9.17, 15) is 9.59 Å². The average molecular weight is 439 g/mol. The number of halogens is 1. The van der Waals surface area contributed by atoms with Gasteiger partial charge in [-0.25, -0.2) is 0 Å². The fourth-order valence-corrected chi connectivity index (χ4v) is 4.33. The predicted molar refractivity (Wildman–Crippen MR) is 109 cm³/mol. The number of amides is 1. The van der Waals surface area contributed by atoms with E-state index in [0.717, 1.165) is 21.0 Å². The Morgan fingerprint density at radius 3 is 2.93 bits per heavy atom. The van der Waals surface area contributed by atoms with E-state index < -0.39 is 11.3 Å². The van der Waals surface area contributed by atoms with Gasteiger partial charge in [-0.2, -0.15) is 4.99 Å². The third-order valence-electron chi connectivity index (χ3n) is 4.00. The second-order valence-corrected chi connectivity index (χ2v) is 7.60. The molecule has 5 nitrogen and oxygen atoms in total. The molecule has 0 bridgehead atoms. The van der Waals surface area contributed by atoms with Crippen molar-refractivity contribution < 1.29 is 9.21 Å². The molecule has 0 N–H and O–H groups in total. The third kappa shape index (κ3) is 3.14. The van der Waals surface area contributed by atoms with Crippen LogP contribution < -0.4 is 10.2 Å². The lowest BCUT2D eigenvalue weighted by molar-refractivity contribution is 0.0995. The minimum Gasteiger partial charge on any atom is -0.463 e. The van der Waals surface area contributed by atoms with Crippen molar-refractivity contribution in [1.82, 2.24) is 4.57 Å². The zero-order valence-electron chi connectivity index (χ0n) is 13.8. The fourth-order valence-electron chi connectivity index (χ4n) is 2.75. The van der Waals surface area contributed by atoms with Crippen LogP contribution in [-0.2, 0) is 6.54 Å². The number of benzene rings is 2. The lowest BCUT2D eigenvalue weighted by Crippen LogP contribution is -2.19. The zero-order valence-corrected chi connectivity index (χ0v) is 16.2. The Kier molecular flexibility index (Phi) is 4.52. The summed E-state index contributed by atoms with van der Waals surface area (Å²) < 4.78 is 9.02. The molecule has 0 atom stereocenters. The van der Waals surface area contributed by atoms with E-state index in [-0.39, 0.29) is 12.1 Å². The summed E-state index contributed by atoms with van der Waals surface area (Å²) in [6.45, 7) is 0.264. The van der Waals surface area contributed by atoms with Crippen LogP contribution in [0.3, 0.4) is 0 Å². The van der Waals surface area contributed by atoms with Gasteiger partial charge < -0.3 is 8.98 Å². The quantitative estimate of drug-likeness (QED) is 0.445. The molecule has 0 radical (unpaired) electrons. The van der Waals surface area contributed by atoms with E-state index in [1.54, 1.807) is 28.8 Å². The van der Waals surface area contributed by atoms with Gasteiger partial charge in [-0.05, 0) is 30.3 Å². The number of carbonyl (C=O) groups is 1. The lowest BCUT2D eigenvalue weighted by Gasteiger charge is -2.00. The van der Waals surface area contributed by atoms with Gasteiger partial charge in [0.2, 0.25) is 5.43 Å². The van der Waals surface area contributed by atoms with E-state index in [1.807, 2.05) is 18.2 Å². The number of carbonyl (C=O) groups excluding carboxylic acids is 1. The van der Waals surface area contributed by atoms with Crippen LogP contribution in [0.4, 0.5) is 0 Å². The van der Waals surface area contributed by atoms with Crippen molar-refractivity contribution in [3.05, 3.63) is 73.8 Å². The highest BCUT2D eigenvalue weighted by Gasteiger charge is 2.15. The Hall–Kier alpha value is -2.95. The van der Waals surface area contributed by atoms with E-state index >= 15 is 0 Å². The third-order valence-corrected chi connectivity index (χ3v) is 5.54. The summed E-state index contributed by atoms with van der Waals surface area (Å²) in [4.78, 5) is 29.9. The molecule has 4 aromatic rings. The van der Waals surface area contributed by atoms with E-state index in [1.165, 1.54) is 11.3 Å². The molecule has 132 valence electrons. The van der Waals surface area contributed by atoms with Crippen LogP contribution in [0, 0.1) is 12.3 Å². The highest BCUT2D eigenvalue weighted by Crippen LogP contribution is 2.22. The first-order valence-corrected chi connectivity index (χ1v) is 9.51. The van der Waals surface area contributed by atoms with E-state index in [4.69, 9.17) is 10.8 Å². The maximum atomic E-state index is 12.7. The molecule has 0 unspecified atom stereocenters. The van der Waals surface area contributed by atoms with Crippen molar-refractivity contribution >= 4 is 54.4 Å². The van der Waals surface area contributed by atoms with Gasteiger partial charge in [0.15, 0.2) is 4.80 Å². The summed E-state index contributed by atoms with van der Waals surface area (Å²) in [5.41, 5.74) is 0.781. The lowest BCUT2D eigenvalue weighted by atomic mass is 10.2. The summed E-state index contributed by atoms with van der Waals surface area (Å²) in [6.07, 6.45) is 6.63. The second kappa shape index (κ2) is 6.99. The largest absolute Gasteiger partial charge is 0.463 e. The Morgan fingerprint density at radius 1 is 1.30 bits per heavy atom. The summed E-state index contributed by atoms with van der Waals surface area (Å²) >= 11 is 4.76. The molecule has 27 heavy (non-hydrogen) atoms. The van der Waals surface area contributed by atoms with Gasteiger partial charge in [-0.3, -0.25) is 9.59 Å². The molecule has 7 heteroatoms. The monoisotopic (exact) mass is 438 g/mol. The minimum absolute atomic E-state index is 0.111. The van der Waals surface area contributed by atoms with Crippen molar-refractivity contribution in [3.63, 3.8) is 0 Å². The number of thiazole rings is 1. The van der Waals surface area contributed by atoms with Gasteiger partial charge in [0, 0.05) is 4.47 Å². The first kappa shape index (κ1) is 17.5. The Balaban J connectivity index is 1.90. The van der Waals surface area contributed by atoms with Crippen LogP contribution in [0.15, 0.2) is 67.4 Å². The smallest absolute Gasteiger partial charge is 0.286 e. The number of para-hydroxylation sites is 1. The number of fused-ring (bicyclic) bond motifs is 2. The van der Waals surface area contributed by atoms with Crippen LogP contribution in [0.2, 0.25) is 0 Å². The van der Waals surface area contributed by atoms with Crippen LogP contribution in [0.25, 0.3) is 21.2 Å². The highest BCUT2D eigenvalue weighted by atomic mass is 79.9. The van der Waals surface area contributed by atoms with Gasteiger partial charge >= 0.3 is 0 Å². The normalized spacial score (nSPS) is 11.8. The molecule has 0 saturated carbocycles. The fraction of sp³-hybridized carbons (Fsp3) is 0.0500. The SMILES string of the molecule is C#CCn1c(=NC(=O)c2coc3ccccc3c2=O)sc2cc(Br)ccc21. The van der Waals surface area contributed by atoms with Gasteiger partial charge in [-0.15, -0.1) is 6.42 Å². The second-order valence-electron chi connectivity index (χ2n) is 5.68. The van der Waals surface area contributed by atoms with E-state index in [0.29, 0.717) is 15.8 Å². The molecule has 0 spiro atoms. The van der Waals surface area contributed by atoms with Crippen molar-refractivity contribution in [2.75, 3.05) is 0 Å². The minimum atomic E-state index is -0.661. The van der Waals surface area contributed by atoms with Crippen molar-refractivity contribution in [2.24, 2.45) is 4.99 Å². The van der Waals surface area contributed by atoms with Gasteiger partial charge in [0.05, 0.1) is 22.1 Å². The molecule has 0 aliphatic carbocycles. The van der Waals surface area contributed by atoms with Gasteiger partial charge in [0.1, 0.15) is 17.4 Å². The molecule has 2 aromatic carbocycles. The molecule has 0 aliphatic heterocycles. The molecule has 0 fully saturated rings. The maximum absolute atomic E-state index is 12.7. The van der Waals surface area contributed by atoms with Crippen molar-refractivity contribution in [2.45, 2.75) is 6.54 Å². The number of nitrogens with zero attached hydrogens (tertiary/aromatic N) is 2. The van der Waals surface area contributed by atoms with Gasteiger partial charge in [-0.1, -0.05) is 45.3 Å². The molecule has 2 aromatic heterocycles. The van der Waals surface area contributed by atoms with Crippen LogP contribution in [-0.4, -0.2) is 10.5 Å². The number of rotatable bonds is 2. The number of hydrogen-bond donors (Lipinski definition) is 0. The van der Waals surface area contributed by atoms with Gasteiger partial charge in [0.25, 0.3) is 5.91 Å². The van der Waals surface area contributed by atoms with Crippen molar-refractivity contribution in [3.8, 4) is 12.3 Å². The molecule has 0 saturated heterocycles.